The van der Waals surface area contributed by atoms with Crippen molar-refractivity contribution in [1.82, 2.24) is 0 Å². The summed E-state index contributed by atoms with van der Waals surface area (Å²) in [6.07, 6.45) is 0. The Bertz CT molecular complexity index is 586. The van der Waals surface area contributed by atoms with Crippen molar-refractivity contribution in [2.24, 2.45) is 0 Å². The lowest BCUT2D eigenvalue weighted by molar-refractivity contribution is 0.0696. The van der Waals surface area contributed by atoms with Crippen LogP contribution >= 0.6 is 0 Å². The number of benzene rings is 1. The predicted molar refractivity (Wildman–Crippen MR) is 66.8 cm³/mol. The molecule has 0 aliphatic heterocycles. The average Bonchev–Trinajstić information content (AvgIpc) is 2.26. The van der Waals surface area contributed by atoms with Crippen LogP contribution < -0.4 is 4.74 Å². The second kappa shape index (κ2) is 5.22. The second-order valence-corrected chi connectivity index (χ2v) is 5.84. The van der Waals surface area contributed by atoms with Gasteiger partial charge in [0, 0.05) is 0 Å². The third kappa shape index (κ3) is 3.10. The van der Waals surface area contributed by atoms with E-state index in [0.717, 1.165) is 6.07 Å². The fourth-order valence-corrected chi connectivity index (χ4v) is 3.02. The molecule has 0 atom stereocenters. The maximum Gasteiger partial charge on any atom is 0.335 e. The van der Waals surface area contributed by atoms with Crippen molar-refractivity contribution >= 4 is 15.8 Å². The van der Waals surface area contributed by atoms with Crippen molar-refractivity contribution in [2.45, 2.75) is 11.8 Å². The van der Waals surface area contributed by atoms with Gasteiger partial charge in [0.1, 0.15) is 10.6 Å². The average molecular weight is 270 g/mol. The summed E-state index contributed by atoms with van der Waals surface area (Å²) in [5.41, 5.74) is 0.369. The van der Waals surface area contributed by atoms with Crippen LogP contribution in [0.25, 0.3) is 0 Å². The van der Waals surface area contributed by atoms with Crippen LogP contribution in [0.2, 0.25) is 0 Å². The Labute approximate surface area is 106 Å². The molecule has 0 heterocycles. The Morgan fingerprint density at radius 2 is 2.06 bits per heavy atom. The first kappa shape index (κ1) is 14.2. The molecule has 0 aliphatic rings. The summed E-state index contributed by atoms with van der Waals surface area (Å²) in [5, 5.41) is 8.87. The largest absolute Gasteiger partial charge is 0.495 e. The van der Waals surface area contributed by atoms with Gasteiger partial charge in [-0.05, 0) is 25.1 Å². The predicted octanol–water partition coefficient (Wildman–Crippen LogP) is 1.74. The molecule has 0 fully saturated rings. The first-order valence-electron chi connectivity index (χ1n) is 5.06. The molecular formula is C12H14O5S. The molecule has 0 unspecified atom stereocenters. The molecule has 98 valence electrons. The summed E-state index contributed by atoms with van der Waals surface area (Å²) in [5.74, 6) is -1.31. The minimum Gasteiger partial charge on any atom is -0.495 e. The van der Waals surface area contributed by atoms with E-state index >= 15 is 0 Å². The number of carbonyl (C=O) groups is 1. The summed E-state index contributed by atoms with van der Waals surface area (Å²) in [4.78, 5) is 10.7. The van der Waals surface area contributed by atoms with Gasteiger partial charge in [-0.15, -0.1) is 0 Å². The number of sulfone groups is 1. The van der Waals surface area contributed by atoms with Crippen molar-refractivity contribution < 1.29 is 23.1 Å². The van der Waals surface area contributed by atoms with Gasteiger partial charge in [-0.2, -0.15) is 0 Å². The Kier molecular flexibility index (Phi) is 4.13. The minimum atomic E-state index is -3.65. The molecule has 18 heavy (non-hydrogen) atoms. The van der Waals surface area contributed by atoms with Gasteiger partial charge < -0.3 is 9.84 Å². The van der Waals surface area contributed by atoms with Crippen molar-refractivity contribution in [1.29, 1.82) is 0 Å². The first-order chi connectivity index (χ1) is 8.27. The third-order valence-electron chi connectivity index (χ3n) is 2.18. The van der Waals surface area contributed by atoms with Gasteiger partial charge in [-0.3, -0.25) is 0 Å². The Morgan fingerprint density at radius 3 is 2.50 bits per heavy atom. The SMILES string of the molecule is C=C(C)CS(=O)(=O)c1cc(C(=O)O)ccc1OC. The third-order valence-corrected chi connectivity index (χ3v) is 4.04. The van der Waals surface area contributed by atoms with E-state index in [4.69, 9.17) is 9.84 Å². The Balaban J connectivity index is 3.41. The number of aromatic carboxylic acids is 1. The number of hydrogen-bond acceptors (Lipinski definition) is 4. The zero-order chi connectivity index (χ0) is 13.9. The van der Waals surface area contributed by atoms with Crippen LogP contribution in [-0.2, 0) is 9.84 Å². The fourth-order valence-electron chi connectivity index (χ4n) is 1.45. The van der Waals surface area contributed by atoms with E-state index in [0.29, 0.717) is 5.57 Å². The fraction of sp³-hybridized carbons (Fsp3) is 0.250. The standard InChI is InChI=1S/C12H14O5S/c1-8(2)7-18(15,16)11-6-9(12(13)14)4-5-10(11)17-3/h4-6H,1,7H2,2-3H3,(H,13,14). The van der Waals surface area contributed by atoms with Crippen LogP contribution in [0.3, 0.4) is 0 Å². The number of methoxy groups -OCH3 is 1. The molecule has 0 amide bonds. The lowest BCUT2D eigenvalue weighted by Gasteiger charge is -2.10. The smallest absolute Gasteiger partial charge is 0.335 e. The van der Waals surface area contributed by atoms with Crippen LogP contribution in [0.4, 0.5) is 0 Å². The topological polar surface area (TPSA) is 80.7 Å². The molecule has 0 spiro atoms. The Morgan fingerprint density at radius 1 is 1.44 bits per heavy atom. The van der Waals surface area contributed by atoms with Gasteiger partial charge in [0.25, 0.3) is 0 Å². The molecule has 1 rings (SSSR count). The number of ether oxygens (including phenoxy) is 1. The van der Waals surface area contributed by atoms with Crippen LogP contribution in [0.5, 0.6) is 5.75 Å². The van der Waals surface area contributed by atoms with Gasteiger partial charge in [-0.25, -0.2) is 13.2 Å². The molecule has 5 nitrogen and oxygen atoms in total. The van der Waals surface area contributed by atoms with E-state index in [1.54, 1.807) is 6.92 Å². The monoisotopic (exact) mass is 270 g/mol. The lowest BCUT2D eigenvalue weighted by Crippen LogP contribution is -2.10. The lowest BCUT2D eigenvalue weighted by atomic mass is 10.2. The molecular weight excluding hydrogens is 256 g/mol. The molecule has 0 aliphatic carbocycles. The van der Waals surface area contributed by atoms with E-state index in [2.05, 4.69) is 6.58 Å². The molecule has 1 N–H and O–H groups in total. The maximum atomic E-state index is 12.1. The maximum absolute atomic E-state index is 12.1. The number of carboxylic acids is 1. The summed E-state index contributed by atoms with van der Waals surface area (Å²) in [6.45, 7) is 5.13. The highest BCUT2D eigenvalue weighted by Crippen LogP contribution is 2.26. The normalized spacial score (nSPS) is 11.0. The van der Waals surface area contributed by atoms with E-state index in [9.17, 15) is 13.2 Å². The summed E-state index contributed by atoms with van der Waals surface area (Å²) in [7, 11) is -2.32. The van der Waals surface area contributed by atoms with Crippen LogP contribution in [-0.4, -0.2) is 32.4 Å². The molecule has 0 bridgehead atoms. The van der Waals surface area contributed by atoms with Crippen LogP contribution in [0, 0.1) is 0 Å². The molecule has 0 saturated carbocycles. The highest BCUT2D eigenvalue weighted by Gasteiger charge is 2.21. The molecule has 0 saturated heterocycles. The zero-order valence-corrected chi connectivity index (χ0v) is 11.0. The molecule has 1 aromatic carbocycles. The van der Waals surface area contributed by atoms with Gasteiger partial charge in [0.2, 0.25) is 0 Å². The van der Waals surface area contributed by atoms with Crippen LogP contribution in [0.15, 0.2) is 35.2 Å². The van der Waals surface area contributed by atoms with Crippen molar-refractivity contribution in [2.75, 3.05) is 12.9 Å². The molecule has 6 heteroatoms. The van der Waals surface area contributed by atoms with Gasteiger partial charge >= 0.3 is 5.97 Å². The number of rotatable bonds is 5. The quantitative estimate of drug-likeness (QED) is 0.824. The summed E-state index contributed by atoms with van der Waals surface area (Å²) in [6, 6.07) is 3.72. The van der Waals surface area contributed by atoms with E-state index in [-0.39, 0.29) is 22.0 Å². The summed E-state index contributed by atoms with van der Waals surface area (Å²) >= 11 is 0. The van der Waals surface area contributed by atoms with Crippen molar-refractivity contribution in [3.05, 3.63) is 35.9 Å². The van der Waals surface area contributed by atoms with Crippen molar-refractivity contribution in [3.8, 4) is 5.75 Å². The first-order valence-corrected chi connectivity index (χ1v) is 6.71. The minimum absolute atomic E-state index is 0.101. The summed E-state index contributed by atoms with van der Waals surface area (Å²) < 4.78 is 29.1. The molecule has 0 aromatic heterocycles. The number of carboxylic acid groups (broad SMARTS) is 1. The molecule has 1 aromatic rings. The highest BCUT2D eigenvalue weighted by atomic mass is 32.2. The highest BCUT2D eigenvalue weighted by molar-refractivity contribution is 7.91. The zero-order valence-electron chi connectivity index (χ0n) is 10.1. The van der Waals surface area contributed by atoms with Gasteiger partial charge in [0.05, 0.1) is 18.4 Å². The van der Waals surface area contributed by atoms with Crippen LogP contribution in [0.1, 0.15) is 17.3 Å². The second-order valence-electron chi connectivity index (χ2n) is 3.89. The van der Waals surface area contributed by atoms with Gasteiger partial charge in [0.15, 0.2) is 9.84 Å². The Hall–Kier alpha value is -1.82. The number of hydrogen-bond donors (Lipinski definition) is 1. The van der Waals surface area contributed by atoms with Crippen molar-refractivity contribution in [3.63, 3.8) is 0 Å². The van der Waals surface area contributed by atoms with E-state index < -0.39 is 15.8 Å². The van der Waals surface area contributed by atoms with Gasteiger partial charge in [-0.1, -0.05) is 12.2 Å². The van der Waals surface area contributed by atoms with E-state index in [1.807, 2.05) is 0 Å². The molecule has 0 radical (unpaired) electrons. The van der Waals surface area contributed by atoms with E-state index in [1.165, 1.54) is 19.2 Å².